The van der Waals surface area contributed by atoms with Crippen molar-refractivity contribution >= 4 is 17.6 Å². The second-order valence-corrected chi connectivity index (χ2v) is 6.24. The minimum absolute atomic E-state index is 0.121. The molecular weight excluding hydrogens is 316 g/mol. The van der Waals surface area contributed by atoms with E-state index in [1.54, 1.807) is 5.32 Å². The fourth-order valence-corrected chi connectivity index (χ4v) is 2.59. The van der Waals surface area contributed by atoms with Gasteiger partial charge in [-0.3, -0.25) is 4.79 Å². The first-order chi connectivity index (χ1) is 12.0. The lowest BCUT2D eigenvalue weighted by atomic mass is 10.1. The van der Waals surface area contributed by atoms with Gasteiger partial charge >= 0.3 is 0 Å². The van der Waals surface area contributed by atoms with E-state index < -0.39 is 12.0 Å². The number of quaternary nitrogens is 1. The lowest BCUT2D eigenvalue weighted by molar-refractivity contribution is -0.682. The Morgan fingerprint density at radius 3 is 2.44 bits per heavy atom. The molecule has 1 atom stereocenters. The maximum absolute atomic E-state index is 12.1. The van der Waals surface area contributed by atoms with Crippen molar-refractivity contribution in [1.29, 1.82) is 0 Å². The van der Waals surface area contributed by atoms with E-state index in [-0.39, 0.29) is 12.3 Å². The van der Waals surface area contributed by atoms with Crippen molar-refractivity contribution in [2.24, 2.45) is 0 Å². The monoisotopic (exact) mass is 340 g/mol. The molecule has 0 unspecified atom stereocenters. The van der Waals surface area contributed by atoms with Crippen LogP contribution in [0.1, 0.15) is 23.1 Å². The number of carboxylic acid groups (broad SMARTS) is 1. The number of benzene rings is 2. The van der Waals surface area contributed by atoms with E-state index >= 15 is 0 Å². The highest BCUT2D eigenvalue weighted by atomic mass is 16.4. The number of anilines is 1. The molecule has 3 N–H and O–H groups in total. The molecule has 0 bridgehead atoms. The van der Waals surface area contributed by atoms with Gasteiger partial charge in [0, 0.05) is 12.1 Å². The number of carbonyl (C=O) groups excluding carboxylic acids is 2. The van der Waals surface area contributed by atoms with Crippen LogP contribution in [0, 0.1) is 13.8 Å². The number of carboxylic acids is 1. The molecule has 25 heavy (non-hydrogen) atoms. The minimum Gasteiger partial charge on any atom is -0.544 e. The quantitative estimate of drug-likeness (QED) is 0.736. The molecule has 0 heterocycles. The average Bonchev–Trinajstić information content (AvgIpc) is 2.58. The van der Waals surface area contributed by atoms with E-state index in [0.29, 0.717) is 12.2 Å². The Hall–Kier alpha value is -2.66. The second kappa shape index (κ2) is 8.99. The molecule has 0 saturated carbocycles. The Labute approximate surface area is 148 Å². The number of nitrogens with one attached hydrogen (secondary N) is 1. The molecule has 2 aromatic carbocycles. The molecule has 5 heteroatoms. The minimum atomic E-state index is -1.22. The molecule has 0 aliphatic carbocycles. The molecule has 132 valence electrons. The summed E-state index contributed by atoms with van der Waals surface area (Å²) in [6.07, 6.45) is 0.618. The van der Waals surface area contributed by atoms with Crippen molar-refractivity contribution in [2.45, 2.75) is 32.7 Å². The van der Waals surface area contributed by atoms with E-state index in [1.807, 2.05) is 62.4 Å². The van der Waals surface area contributed by atoms with Gasteiger partial charge in [0.05, 0.1) is 18.9 Å². The van der Waals surface area contributed by atoms with Crippen molar-refractivity contribution < 1.29 is 20.0 Å². The Morgan fingerprint density at radius 2 is 1.80 bits per heavy atom. The van der Waals surface area contributed by atoms with Crippen LogP contribution < -0.4 is 15.7 Å². The highest BCUT2D eigenvalue weighted by molar-refractivity contribution is 5.93. The number of hydrogen-bond donors (Lipinski definition) is 2. The maximum atomic E-state index is 12.1. The summed E-state index contributed by atoms with van der Waals surface area (Å²) in [7, 11) is 0. The molecule has 0 spiro atoms. The van der Waals surface area contributed by atoms with Crippen LogP contribution in [0.4, 0.5) is 5.69 Å². The summed E-state index contributed by atoms with van der Waals surface area (Å²) in [6.45, 7) is 4.54. The molecular formula is C20H24N2O3. The zero-order valence-corrected chi connectivity index (χ0v) is 14.6. The topological polar surface area (TPSA) is 85.8 Å². The zero-order chi connectivity index (χ0) is 18.2. The molecule has 0 aliphatic heterocycles. The second-order valence-electron chi connectivity index (χ2n) is 6.24. The van der Waals surface area contributed by atoms with Gasteiger partial charge in [0.15, 0.2) is 0 Å². The SMILES string of the molecule is Cc1ccc(NC(=O)C[C@H]([NH2+]CCc2ccccc2)C(=O)[O-])cc1C. The van der Waals surface area contributed by atoms with Crippen LogP contribution in [0.25, 0.3) is 0 Å². The molecule has 0 fully saturated rings. The van der Waals surface area contributed by atoms with Gasteiger partial charge in [0.1, 0.15) is 6.04 Å². The van der Waals surface area contributed by atoms with Crippen LogP contribution in [-0.2, 0) is 16.0 Å². The van der Waals surface area contributed by atoms with Crippen LogP contribution in [-0.4, -0.2) is 24.5 Å². The third-order valence-electron chi connectivity index (χ3n) is 4.23. The first kappa shape index (κ1) is 18.7. The fourth-order valence-electron chi connectivity index (χ4n) is 2.59. The van der Waals surface area contributed by atoms with Gasteiger partial charge in [0.25, 0.3) is 0 Å². The maximum Gasteiger partial charge on any atom is 0.230 e. The molecule has 0 radical (unpaired) electrons. The van der Waals surface area contributed by atoms with Crippen LogP contribution in [0.15, 0.2) is 48.5 Å². The Balaban J connectivity index is 1.86. The van der Waals surface area contributed by atoms with E-state index in [0.717, 1.165) is 23.1 Å². The lowest BCUT2D eigenvalue weighted by Gasteiger charge is -2.16. The first-order valence-corrected chi connectivity index (χ1v) is 8.41. The number of nitrogens with two attached hydrogens (primary N) is 1. The van der Waals surface area contributed by atoms with Gasteiger partial charge in [-0.05, 0) is 42.7 Å². The predicted octanol–water partition coefficient (Wildman–Crippen LogP) is 0.557. The van der Waals surface area contributed by atoms with Gasteiger partial charge in [-0.25, -0.2) is 0 Å². The Morgan fingerprint density at radius 1 is 1.08 bits per heavy atom. The van der Waals surface area contributed by atoms with Crippen LogP contribution in [0.3, 0.4) is 0 Å². The first-order valence-electron chi connectivity index (χ1n) is 8.41. The van der Waals surface area contributed by atoms with Crippen LogP contribution in [0.5, 0.6) is 0 Å². The number of hydrogen-bond acceptors (Lipinski definition) is 3. The molecule has 1 amide bonds. The zero-order valence-electron chi connectivity index (χ0n) is 14.6. The number of aryl methyl sites for hydroxylation is 2. The van der Waals surface area contributed by atoms with Crippen molar-refractivity contribution in [3.05, 3.63) is 65.2 Å². The number of carbonyl (C=O) groups is 2. The molecule has 0 saturated heterocycles. The summed E-state index contributed by atoms with van der Waals surface area (Å²) in [5.74, 6) is -1.54. The normalized spacial score (nSPS) is 11.8. The van der Waals surface area contributed by atoms with E-state index in [4.69, 9.17) is 0 Å². The van der Waals surface area contributed by atoms with Gasteiger partial charge in [-0.2, -0.15) is 0 Å². The van der Waals surface area contributed by atoms with Crippen molar-refractivity contribution in [2.75, 3.05) is 11.9 Å². The summed E-state index contributed by atoms with van der Waals surface area (Å²) in [5.41, 5.74) is 4.02. The standard InChI is InChI=1S/C20H24N2O3/c1-14-8-9-17(12-15(14)2)22-19(23)13-18(20(24)25)21-11-10-16-6-4-3-5-7-16/h3-9,12,18,21H,10-11,13H2,1-2H3,(H,22,23)(H,24,25)/t18-/m0/s1. The molecule has 2 aromatic rings. The smallest absolute Gasteiger partial charge is 0.230 e. The Kier molecular flexibility index (Phi) is 6.71. The number of rotatable bonds is 8. The highest BCUT2D eigenvalue weighted by Crippen LogP contribution is 2.14. The van der Waals surface area contributed by atoms with E-state index in [1.165, 1.54) is 0 Å². The summed E-state index contributed by atoms with van der Waals surface area (Å²) in [6, 6.07) is 14.5. The number of amides is 1. The molecule has 0 aliphatic rings. The third-order valence-corrected chi connectivity index (χ3v) is 4.23. The van der Waals surface area contributed by atoms with Crippen LogP contribution >= 0.6 is 0 Å². The van der Waals surface area contributed by atoms with Crippen molar-refractivity contribution in [3.63, 3.8) is 0 Å². The van der Waals surface area contributed by atoms with Gasteiger partial charge in [-0.15, -0.1) is 0 Å². The van der Waals surface area contributed by atoms with Crippen molar-refractivity contribution in [3.8, 4) is 0 Å². The largest absolute Gasteiger partial charge is 0.544 e. The van der Waals surface area contributed by atoms with Crippen LogP contribution in [0.2, 0.25) is 0 Å². The lowest BCUT2D eigenvalue weighted by Crippen LogP contribution is -2.93. The molecule has 2 rings (SSSR count). The third kappa shape index (κ3) is 6.04. The summed E-state index contributed by atoms with van der Waals surface area (Å²) < 4.78 is 0. The van der Waals surface area contributed by atoms with E-state index in [9.17, 15) is 14.7 Å². The summed E-state index contributed by atoms with van der Waals surface area (Å²) in [4.78, 5) is 23.4. The van der Waals surface area contributed by atoms with Gasteiger partial charge in [0.2, 0.25) is 5.91 Å². The molecule has 5 nitrogen and oxygen atoms in total. The molecule has 0 aromatic heterocycles. The fraction of sp³-hybridized carbons (Fsp3) is 0.300. The summed E-state index contributed by atoms with van der Waals surface area (Å²) in [5, 5.41) is 15.7. The van der Waals surface area contributed by atoms with E-state index in [2.05, 4.69) is 5.32 Å². The summed E-state index contributed by atoms with van der Waals surface area (Å²) >= 11 is 0. The predicted molar refractivity (Wildman–Crippen MR) is 94.9 cm³/mol. The van der Waals surface area contributed by atoms with Gasteiger partial charge < -0.3 is 20.5 Å². The Bertz CT molecular complexity index is 729. The average molecular weight is 340 g/mol. The number of aliphatic carboxylic acids is 1. The highest BCUT2D eigenvalue weighted by Gasteiger charge is 2.18. The van der Waals surface area contributed by atoms with Gasteiger partial charge in [-0.1, -0.05) is 36.4 Å². The van der Waals surface area contributed by atoms with Crippen molar-refractivity contribution in [1.82, 2.24) is 0 Å².